The summed E-state index contributed by atoms with van der Waals surface area (Å²) in [5.41, 5.74) is 7.35. The fourth-order valence-electron chi connectivity index (χ4n) is 2.44. The van der Waals surface area contributed by atoms with E-state index in [0.717, 1.165) is 25.1 Å². The van der Waals surface area contributed by atoms with Crippen LogP contribution in [0, 0.1) is 5.82 Å². The van der Waals surface area contributed by atoms with Crippen molar-refractivity contribution in [2.75, 3.05) is 13.1 Å². The lowest BCUT2D eigenvalue weighted by molar-refractivity contribution is 0.106. The summed E-state index contributed by atoms with van der Waals surface area (Å²) in [5, 5.41) is 0. The second-order valence-corrected chi connectivity index (χ2v) is 6.24. The quantitative estimate of drug-likeness (QED) is 0.863. The van der Waals surface area contributed by atoms with E-state index < -0.39 is 0 Å². The molecule has 0 aliphatic heterocycles. The fourth-order valence-corrected chi connectivity index (χ4v) is 2.87. The minimum atomic E-state index is -0.236. The van der Waals surface area contributed by atoms with Gasteiger partial charge in [0.2, 0.25) is 0 Å². The number of nitrogens with zero attached hydrogens (tertiary/aromatic N) is 1. The Kier molecular flexibility index (Phi) is 5.96. The van der Waals surface area contributed by atoms with Gasteiger partial charge < -0.3 is 5.73 Å². The van der Waals surface area contributed by atoms with Crippen LogP contribution in [0.5, 0.6) is 0 Å². The van der Waals surface area contributed by atoms with Crippen LogP contribution in [0.1, 0.15) is 33.3 Å². The van der Waals surface area contributed by atoms with E-state index in [9.17, 15) is 4.39 Å². The molecule has 1 atom stereocenters. The molecule has 1 unspecified atom stereocenters. The van der Waals surface area contributed by atoms with Gasteiger partial charge in [-0.15, -0.1) is 0 Å². The zero-order chi connectivity index (χ0) is 14.6. The molecule has 1 aromatic rings. The molecule has 0 bridgehead atoms. The Morgan fingerprint density at radius 2 is 1.89 bits per heavy atom. The predicted molar refractivity (Wildman–Crippen MR) is 82.8 cm³/mol. The molecular weight excluding hydrogens is 307 g/mol. The predicted octanol–water partition coefficient (Wildman–Crippen LogP) is 3.58. The van der Waals surface area contributed by atoms with E-state index in [2.05, 4.69) is 48.5 Å². The number of nitrogens with two attached hydrogens (primary N) is 1. The van der Waals surface area contributed by atoms with Gasteiger partial charge in [-0.1, -0.05) is 19.9 Å². The maximum atomic E-state index is 13.2. The van der Waals surface area contributed by atoms with Crippen molar-refractivity contribution < 1.29 is 4.39 Å². The van der Waals surface area contributed by atoms with Gasteiger partial charge in [0, 0.05) is 11.6 Å². The molecule has 0 aromatic heterocycles. The van der Waals surface area contributed by atoms with Crippen LogP contribution in [0.3, 0.4) is 0 Å². The smallest absolute Gasteiger partial charge is 0.137 e. The summed E-state index contributed by atoms with van der Waals surface area (Å²) in [5.74, 6) is -0.236. The Labute approximate surface area is 124 Å². The van der Waals surface area contributed by atoms with Crippen molar-refractivity contribution in [3.63, 3.8) is 0 Å². The summed E-state index contributed by atoms with van der Waals surface area (Å²) >= 11 is 3.22. The third-order valence-corrected chi connectivity index (χ3v) is 4.53. The Hall–Kier alpha value is -0.450. The molecule has 0 fully saturated rings. The van der Waals surface area contributed by atoms with Gasteiger partial charge in [0.25, 0.3) is 0 Å². The molecular formula is C15H24BrFN2. The van der Waals surface area contributed by atoms with Crippen molar-refractivity contribution in [3.8, 4) is 0 Å². The van der Waals surface area contributed by atoms with E-state index >= 15 is 0 Å². The lowest BCUT2D eigenvalue weighted by atomic mass is 9.88. The first kappa shape index (κ1) is 16.6. The van der Waals surface area contributed by atoms with Gasteiger partial charge in [-0.05, 0) is 67.0 Å². The first-order valence-corrected chi connectivity index (χ1v) is 7.56. The lowest BCUT2D eigenvalue weighted by Gasteiger charge is -2.42. The van der Waals surface area contributed by atoms with Crippen molar-refractivity contribution in [2.24, 2.45) is 5.73 Å². The van der Waals surface area contributed by atoms with Gasteiger partial charge in [-0.3, -0.25) is 4.90 Å². The summed E-state index contributed by atoms with van der Waals surface area (Å²) in [6, 6.07) is 5.10. The molecule has 19 heavy (non-hydrogen) atoms. The molecule has 2 nitrogen and oxygen atoms in total. The molecule has 0 amide bonds. The molecule has 0 aliphatic carbocycles. The average molecular weight is 331 g/mol. The van der Waals surface area contributed by atoms with Crippen LogP contribution >= 0.6 is 15.9 Å². The highest BCUT2D eigenvalue weighted by Gasteiger charge is 2.31. The standard InChI is InChI=1S/C15H24BrFN2/c1-5-19(6-2)15(3,4)14(18)10-11-7-8-13(17)12(16)9-11/h7-9,14H,5-6,10,18H2,1-4H3. The van der Waals surface area contributed by atoms with Crippen molar-refractivity contribution in [1.82, 2.24) is 4.90 Å². The summed E-state index contributed by atoms with van der Waals surface area (Å²) < 4.78 is 13.7. The Morgan fingerprint density at radius 3 is 2.37 bits per heavy atom. The van der Waals surface area contributed by atoms with Crippen LogP contribution in [-0.2, 0) is 6.42 Å². The number of hydrogen-bond acceptors (Lipinski definition) is 2. The van der Waals surface area contributed by atoms with Gasteiger partial charge in [-0.25, -0.2) is 4.39 Å². The molecule has 0 saturated heterocycles. The van der Waals surface area contributed by atoms with Crippen LogP contribution in [0.15, 0.2) is 22.7 Å². The third kappa shape index (κ3) is 4.01. The largest absolute Gasteiger partial charge is 0.326 e. The first-order chi connectivity index (χ1) is 8.82. The number of hydrogen-bond donors (Lipinski definition) is 1. The van der Waals surface area contributed by atoms with Crippen molar-refractivity contribution in [1.29, 1.82) is 0 Å². The van der Waals surface area contributed by atoms with Crippen LogP contribution in [0.25, 0.3) is 0 Å². The zero-order valence-corrected chi connectivity index (χ0v) is 13.8. The SMILES string of the molecule is CCN(CC)C(C)(C)C(N)Cc1ccc(F)c(Br)c1. The molecule has 0 spiro atoms. The topological polar surface area (TPSA) is 29.3 Å². The Morgan fingerprint density at radius 1 is 1.32 bits per heavy atom. The van der Waals surface area contributed by atoms with Crippen LogP contribution in [0.4, 0.5) is 4.39 Å². The number of rotatable bonds is 6. The molecule has 2 N–H and O–H groups in total. The van der Waals surface area contributed by atoms with Crippen molar-refractivity contribution in [3.05, 3.63) is 34.1 Å². The molecule has 1 aromatic carbocycles. The van der Waals surface area contributed by atoms with Crippen molar-refractivity contribution >= 4 is 15.9 Å². The zero-order valence-electron chi connectivity index (χ0n) is 12.2. The monoisotopic (exact) mass is 330 g/mol. The highest BCUT2D eigenvalue weighted by atomic mass is 79.9. The highest BCUT2D eigenvalue weighted by Crippen LogP contribution is 2.23. The molecule has 0 heterocycles. The number of halogens is 2. The van der Waals surface area contributed by atoms with Gasteiger partial charge >= 0.3 is 0 Å². The van der Waals surface area contributed by atoms with Gasteiger partial charge in [0.05, 0.1) is 4.47 Å². The Balaban J connectivity index is 2.83. The normalized spacial score (nSPS) is 13.9. The summed E-state index contributed by atoms with van der Waals surface area (Å²) in [4.78, 5) is 2.36. The van der Waals surface area contributed by atoms with Gasteiger partial charge in [0.15, 0.2) is 0 Å². The van der Waals surface area contributed by atoms with Gasteiger partial charge in [0.1, 0.15) is 5.82 Å². The summed E-state index contributed by atoms with van der Waals surface area (Å²) in [7, 11) is 0. The van der Waals surface area contributed by atoms with E-state index in [1.165, 1.54) is 6.07 Å². The van der Waals surface area contributed by atoms with E-state index in [4.69, 9.17) is 5.73 Å². The summed E-state index contributed by atoms with van der Waals surface area (Å²) in [6.07, 6.45) is 0.738. The van der Waals surface area contributed by atoms with E-state index in [0.29, 0.717) is 4.47 Å². The molecule has 0 aliphatic rings. The molecule has 0 saturated carbocycles. The minimum Gasteiger partial charge on any atom is -0.326 e. The molecule has 0 radical (unpaired) electrons. The van der Waals surface area contributed by atoms with E-state index in [1.54, 1.807) is 6.07 Å². The second kappa shape index (κ2) is 6.82. The van der Waals surface area contributed by atoms with Crippen molar-refractivity contribution in [2.45, 2.75) is 45.7 Å². The fraction of sp³-hybridized carbons (Fsp3) is 0.600. The number of benzene rings is 1. The van der Waals surface area contributed by atoms with Crippen LogP contribution in [0.2, 0.25) is 0 Å². The second-order valence-electron chi connectivity index (χ2n) is 5.39. The minimum absolute atomic E-state index is 0.00441. The highest BCUT2D eigenvalue weighted by molar-refractivity contribution is 9.10. The lowest BCUT2D eigenvalue weighted by Crippen LogP contribution is -2.56. The Bertz CT molecular complexity index is 417. The van der Waals surface area contributed by atoms with Crippen LogP contribution < -0.4 is 5.73 Å². The first-order valence-electron chi connectivity index (χ1n) is 6.77. The summed E-state index contributed by atoms with van der Waals surface area (Å²) in [6.45, 7) is 10.6. The van der Waals surface area contributed by atoms with Gasteiger partial charge in [-0.2, -0.15) is 0 Å². The average Bonchev–Trinajstić information content (AvgIpc) is 2.35. The molecule has 108 valence electrons. The number of likely N-dealkylation sites (N-methyl/N-ethyl adjacent to an activating group) is 1. The van der Waals surface area contributed by atoms with Crippen LogP contribution in [-0.4, -0.2) is 29.6 Å². The maximum Gasteiger partial charge on any atom is 0.137 e. The third-order valence-electron chi connectivity index (χ3n) is 3.93. The van der Waals surface area contributed by atoms with E-state index in [1.807, 2.05) is 6.07 Å². The maximum absolute atomic E-state index is 13.2. The molecule has 4 heteroatoms. The van der Waals surface area contributed by atoms with E-state index in [-0.39, 0.29) is 17.4 Å². The molecule has 1 rings (SSSR count).